The molecule has 1 amide bonds. The zero-order valence-corrected chi connectivity index (χ0v) is 30.6. The smallest absolute Gasteiger partial charge is 0.416 e. The zero-order chi connectivity index (χ0) is 44.6. The second-order valence-electron chi connectivity index (χ2n) is 13.9. The number of ketones is 1. The van der Waals surface area contributed by atoms with Crippen LogP contribution in [0.15, 0.2) is 97.1 Å². The third-order valence-corrected chi connectivity index (χ3v) is 9.71. The lowest BCUT2D eigenvalue weighted by atomic mass is 9.80. The molecule has 0 unspecified atom stereocenters. The molecule has 0 saturated carbocycles. The number of carboxylic acid groups (broad SMARTS) is 1. The maximum atomic E-state index is 14.4. The van der Waals surface area contributed by atoms with E-state index in [0.29, 0.717) is 29.8 Å². The number of nitrogens with one attached hydrogen (secondary N) is 1. The van der Waals surface area contributed by atoms with Crippen LogP contribution in [0.25, 0.3) is 44.2 Å². The maximum Gasteiger partial charge on any atom is 0.416 e. The van der Waals surface area contributed by atoms with Crippen molar-refractivity contribution in [1.29, 1.82) is 0 Å². The Morgan fingerprint density at radius 2 is 1.05 bits per heavy atom. The molecular formula is C43H23F12NO5. The number of Topliss-reactive ketones (excluding diaryl/α,β-unsaturated/α-hetero) is 1. The fourth-order valence-electron chi connectivity index (χ4n) is 7.06. The molecule has 6 nitrogen and oxygen atoms in total. The van der Waals surface area contributed by atoms with Crippen LogP contribution in [0.2, 0.25) is 0 Å². The SMILES string of the molecule is CC(=O)c1cc(-c2cc(C(F)(F)F)cc(C(F)(F)F)c2)c2c3c(c(-c4cc(C(F)(F)F)cc(C(F)(F)F)c4)cc(C(=O)Nc4ccc(CC(=O)O)cc4)c13)Oc1ccccc1-2. The van der Waals surface area contributed by atoms with Gasteiger partial charge in [-0.3, -0.25) is 14.4 Å². The van der Waals surface area contributed by atoms with Gasteiger partial charge in [-0.15, -0.1) is 0 Å². The van der Waals surface area contributed by atoms with Gasteiger partial charge >= 0.3 is 30.7 Å². The third kappa shape index (κ3) is 8.21. The van der Waals surface area contributed by atoms with E-state index in [2.05, 4.69) is 5.32 Å². The lowest BCUT2D eigenvalue weighted by Crippen LogP contribution is -2.16. The molecule has 0 spiro atoms. The van der Waals surface area contributed by atoms with Gasteiger partial charge in [-0.1, -0.05) is 30.3 Å². The van der Waals surface area contributed by atoms with Crippen molar-refractivity contribution in [3.63, 3.8) is 0 Å². The first-order valence-electron chi connectivity index (χ1n) is 17.5. The second kappa shape index (κ2) is 14.7. The number of anilines is 1. The molecule has 18 heteroatoms. The first-order chi connectivity index (χ1) is 28.3. The van der Waals surface area contributed by atoms with Crippen LogP contribution in [0.3, 0.4) is 0 Å². The van der Waals surface area contributed by atoms with Gasteiger partial charge in [0.05, 0.1) is 28.7 Å². The number of aliphatic carboxylic acids is 1. The van der Waals surface area contributed by atoms with Crippen molar-refractivity contribution in [3.05, 3.63) is 136 Å². The van der Waals surface area contributed by atoms with E-state index in [1.54, 1.807) is 0 Å². The van der Waals surface area contributed by atoms with Crippen molar-refractivity contribution in [2.45, 2.75) is 38.0 Å². The fraction of sp³-hybridized carbons (Fsp3) is 0.140. The lowest BCUT2D eigenvalue weighted by molar-refractivity contribution is -0.144. The number of amides is 1. The van der Waals surface area contributed by atoms with E-state index < -0.39 is 116 Å². The zero-order valence-electron chi connectivity index (χ0n) is 30.6. The minimum atomic E-state index is -5.37. The van der Waals surface area contributed by atoms with Crippen molar-refractivity contribution in [2.24, 2.45) is 0 Å². The fourth-order valence-corrected chi connectivity index (χ4v) is 7.06. The van der Waals surface area contributed by atoms with E-state index in [1.165, 1.54) is 48.5 Å². The molecule has 0 saturated heterocycles. The average molecular weight is 862 g/mol. The number of benzene rings is 6. The summed E-state index contributed by atoms with van der Waals surface area (Å²) in [5, 5.41) is 10.8. The third-order valence-electron chi connectivity index (χ3n) is 9.71. The van der Waals surface area contributed by atoms with Gasteiger partial charge in [0.25, 0.3) is 5.91 Å². The Labute approximate surface area is 335 Å². The van der Waals surface area contributed by atoms with Gasteiger partial charge in [-0.25, -0.2) is 0 Å². The minimum Gasteiger partial charge on any atom is -0.481 e. The Hall–Kier alpha value is -6.85. The van der Waals surface area contributed by atoms with Crippen molar-refractivity contribution in [1.82, 2.24) is 0 Å². The minimum absolute atomic E-state index is 0.00473. The van der Waals surface area contributed by atoms with E-state index in [-0.39, 0.29) is 40.1 Å². The molecule has 1 aliphatic rings. The summed E-state index contributed by atoms with van der Waals surface area (Å²) in [6.45, 7) is 0.949. The van der Waals surface area contributed by atoms with Crippen molar-refractivity contribution in [3.8, 4) is 44.9 Å². The van der Waals surface area contributed by atoms with Gasteiger partial charge in [0.2, 0.25) is 0 Å². The van der Waals surface area contributed by atoms with Crippen LogP contribution < -0.4 is 10.1 Å². The largest absolute Gasteiger partial charge is 0.481 e. The van der Waals surface area contributed by atoms with Gasteiger partial charge in [-0.05, 0) is 95.9 Å². The number of hydrogen-bond acceptors (Lipinski definition) is 4. The number of hydrogen-bond donors (Lipinski definition) is 2. The molecule has 1 aliphatic heterocycles. The molecule has 0 aromatic heterocycles. The molecule has 314 valence electrons. The van der Waals surface area contributed by atoms with E-state index in [9.17, 15) is 67.1 Å². The molecule has 6 aromatic rings. The van der Waals surface area contributed by atoms with Gasteiger partial charge in [0.15, 0.2) is 5.78 Å². The highest BCUT2D eigenvalue weighted by atomic mass is 19.4. The van der Waals surface area contributed by atoms with E-state index >= 15 is 0 Å². The monoisotopic (exact) mass is 861 g/mol. The standard InChI is InChI=1S/C43H23F12NO5/c1-19(57)29-17-30(21-11-23(40(44,45)46)15-24(12-21)41(47,48)49)35-28-4-2-3-5-33(28)61-38-31(22-13-25(42(50,51)52)16-26(14-22)43(53,54)55)18-32(36(29)37(35)38)39(60)56-27-8-6-20(7-9-27)10-34(58)59/h2-9,11-18H,10H2,1H3,(H,56,60)(H,58,59). The van der Waals surface area contributed by atoms with Crippen LogP contribution >= 0.6 is 0 Å². The molecule has 0 radical (unpaired) electrons. The van der Waals surface area contributed by atoms with Crippen molar-refractivity contribution >= 4 is 34.1 Å². The number of para-hydroxylation sites is 1. The lowest BCUT2D eigenvalue weighted by Gasteiger charge is -2.29. The number of ether oxygens (including phenoxy) is 1. The summed E-state index contributed by atoms with van der Waals surface area (Å²) in [4.78, 5) is 39.1. The van der Waals surface area contributed by atoms with Gasteiger partial charge < -0.3 is 15.2 Å². The second-order valence-corrected chi connectivity index (χ2v) is 13.9. The van der Waals surface area contributed by atoms with Crippen LogP contribution in [0.5, 0.6) is 11.5 Å². The number of halogens is 12. The van der Waals surface area contributed by atoms with Gasteiger partial charge in [0, 0.05) is 44.3 Å². The van der Waals surface area contributed by atoms with Gasteiger partial charge in [-0.2, -0.15) is 52.7 Å². The molecule has 0 atom stereocenters. The molecule has 2 N–H and O–H groups in total. The topological polar surface area (TPSA) is 92.7 Å². The molecule has 0 bridgehead atoms. The number of fused-ring (bicyclic) bond motifs is 2. The van der Waals surface area contributed by atoms with Crippen LogP contribution in [0, 0.1) is 0 Å². The molecule has 0 fully saturated rings. The predicted octanol–water partition coefficient (Wildman–Crippen LogP) is 13.1. The summed E-state index contributed by atoms with van der Waals surface area (Å²) in [5.74, 6) is -4.02. The summed E-state index contributed by atoms with van der Waals surface area (Å²) >= 11 is 0. The highest BCUT2D eigenvalue weighted by Gasteiger charge is 2.40. The van der Waals surface area contributed by atoms with Crippen LogP contribution in [0.4, 0.5) is 58.4 Å². The summed E-state index contributed by atoms with van der Waals surface area (Å²) in [6.07, 6.45) is -21.8. The number of rotatable bonds is 7. The molecule has 6 aromatic carbocycles. The van der Waals surface area contributed by atoms with Gasteiger partial charge in [0.1, 0.15) is 11.5 Å². The number of carbonyl (C=O) groups is 3. The van der Waals surface area contributed by atoms with E-state index in [0.717, 1.165) is 19.1 Å². The van der Waals surface area contributed by atoms with Crippen LogP contribution in [-0.2, 0) is 35.9 Å². The summed E-state index contributed by atoms with van der Waals surface area (Å²) in [6, 6.07) is 13.5. The number of carboxylic acids is 1. The summed E-state index contributed by atoms with van der Waals surface area (Å²) in [7, 11) is 0. The summed E-state index contributed by atoms with van der Waals surface area (Å²) in [5.41, 5.74) is -10.8. The number of alkyl halides is 12. The first kappa shape index (κ1) is 42.3. The molecular weight excluding hydrogens is 838 g/mol. The quantitative estimate of drug-likeness (QED) is 0.123. The molecule has 0 aliphatic carbocycles. The number of carbonyl (C=O) groups excluding carboxylic acids is 2. The molecule has 61 heavy (non-hydrogen) atoms. The average Bonchev–Trinajstić information content (AvgIpc) is 3.16. The highest BCUT2D eigenvalue weighted by molar-refractivity contribution is 6.26. The van der Waals surface area contributed by atoms with E-state index in [1.807, 2.05) is 0 Å². The summed E-state index contributed by atoms with van der Waals surface area (Å²) < 4.78 is 177. The van der Waals surface area contributed by atoms with E-state index in [4.69, 9.17) is 9.84 Å². The highest BCUT2D eigenvalue weighted by Crippen LogP contribution is 2.56. The Kier molecular flexibility index (Phi) is 10.2. The normalized spacial score (nSPS) is 12.8. The Morgan fingerprint density at radius 1 is 0.574 bits per heavy atom. The molecule has 1 heterocycles. The maximum absolute atomic E-state index is 14.4. The first-order valence-corrected chi connectivity index (χ1v) is 17.5. The van der Waals surface area contributed by atoms with Crippen molar-refractivity contribution < 1.29 is 76.9 Å². The predicted molar refractivity (Wildman–Crippen MR) is 196 cm³/mol. The Bertz CT molecular complexity index is 2740. The molecule has 7 rings (SSSR count). The van der Waals surface area contributed by atoms with Crippen molar-refractivity contribution in [2.75, 3.05) is 5.32 Å². The van der Waals surface area contributed by atoms with Crippen LogP contribution in [0.1, 0.15) is 55.5 Å². The Balaban J connectivity index is 1.66. The van der Waals surface area contributed by atoms with Crippen LogP contribution in [-0.4, -0.2) is 22.8 Å². The Morgan fingerprint density at radius 3 is 1.52 bits per heavy atom.